The van der Waals surface area contributed by atoms with Crippen LogP contribution < -0.4 is 16.0 Å². The lowest BCUT2D eigenvalue weighted by atomic mass is 10.2. The number of β-amino-alcohol motifs (C(OH)–C–C–N with tert-alkyl or cyclic N) is 1. The molecule has 0 radical (unpaired) electrons. The van der Waals surface area contributed by atoms with Gasteiger partial charge in [-0.2, -0.15) is 9.97 Å². The van der Waals surface area contributed by atoms with Crippen LogP contribution in [0.25, 0.3) is 0 Å². The van der Waals surface area contributed by atoms with E-state index in [4.69, 9.17) is 5.73 Å². The summed E-state index contributed by atoms with van der Waals surface area (Å²) >= 11 is 0. The molecule has 0 aliphatic carbocycles. The van der Waals surface area contributed by atoms with Crippen LogP contribution in [-0.4, -0.2) is 66.4 Å². The summed E-state index contributed by atoms with van der Waals surface area (Å²) in [6.45, 7) is 1.45. The highest BCUT2D eigenvalue weighted by molar-refractivity contribution is 5.53. The lowest BCUT2D eigenvalue weighted by molar-refractivity contribution is 0.191. The molecule has 7 heteroatoms. The molecular weight excluding hydrogens is 244 g/mol. The maximum atomic E-state index is 9.89. The number of nitrogens with one attached hydrogen (secondary N) is 1. The second-order valence-corrected chi connectivity index (χ2v) is 5.18. The molecule has 106 valence electrons. The van der Waals surface area contributed by atoms with Crippen LogP contribution in [0.4, 0.5) is 17.6 Å². The Bertz CT molecular complexity index is 438. The van der Waals surface area contributed by atoms with Crippen LogP contribution in [-0.2, 0) is 0 Å². The van der Waals surface area contributed by atoms with E-state index in [-0.39, 0.29) is 18.1 Å². The minimum absolute atomic E-state index is 0.240. The van der Waals surface area contributed by atoms with Gasteiger partial charge in [-0.15, -0.1) is 0 Å². The smallest absolute Gasteiger partial charge is 0.223 e. The van der Waals surface area contributed by atoms with E-state index in [9.17, 15) is 5.11 Å². The van der Waals surface area contributed by atoms with Gasteiger partial charge >= 0.3 is 0 Å². The fourth-order valence-corrected chi connectivity index (χ4v) is 2.49. The van der Waals surface area contributed by atoms with Crippen molar-refractivity contribution in [3.63, 3.8) is 0 Å². The van der Waals surface area contributed by atoms with Crippen LogP contribution in [0.1, 0.15) is 6.42 Å². The summed E-state index contributed by atoms with van der Waals surface area (Å²) in [6, 6.07) is 2.10. The second-order valence-electron chi connectivity index (χ2n) is 5.18. The summed E-state index contributed by atoms with van der Waals surface area (Å²) in [4.78, 5) is 12.6. The van der Waals surface area contributed by atoms with Crippen LogP contribution in [0.15, 0.2) is 6.07 Å². The summed E-state index contributed by atoms with van der Waals surface area (Å²) in [5, 5.41) is 12.9. The maximum Gasteiger partial charge on any atom is 0.223 e. The first kappa shape index (κ1) is 13.8. The quantitative estimate of drug-likeness (QED) is 0.683. The van der Waals surface area contributed by atoms with Gasteiger partial charge in [-0.25, -0.2) is 0 Å². The van der Waals surface area contributed by atoms with E-state index < -0.39 is 0 Å². The molecule has 0 amide bonds. The third-order valence-electron chi connectivity index (χ3n) is 3.25. The van der Waals surface area contributed by atoms with Crippen molar-refractivity contribution < 1.29 is 5.11 Å². The Hall–Kier alpha value is -1.60. The molecule has 19 heavy (non-hydrogen) atoms. The number of aromatic nitrogens is 2. The van der Waals surface area contributed by atoms with Gasteiger partial charge in [-0.05, 0) is 20.5 Å². The van der Waals surface area contributed by atoms with Crippen LogP contribution in [0.2, 0.25) is 0 Å². The summed E-state index contributed by atoms with van der Waals surface area (Å²) in [7, 11) is 5.84. The lowest BCUT2D eigenvalue weighted by Crippen LogP contribution is -2.38. The number of likely N-dealkylation sites (N-methyl/N-ethyl adjacent to an activating group) is 1. The third-order valence-corrected chi connectivity index (χ3v) is 3.25. The fraction of sp³-hybridized carbons (Fsp3) is 0.667. The normalized spacial score (nSPS) is 23.1. The molecule has 1 aromatic rings. The predicted octanol–water partition coefficient (Wildman–Crippen LogP) is -0.398. The average Bonchev–Trinajstić information content (AvgIpc) is 2.68. The van der Waals surface area contributed by atoms with Crippen molar-refractivity contribution in [3.8, 4) is 0 Å². The molecule has 1 fully saturated rings. The largest absolute Gasteiger partial charge is 0.391 e. The molecule has 0 bridgehead atoms. The Kier molecular flexibility index (Phi) is 4.06. The van der Waals surface area contributed by atoms with Crippen molar-refractivity contribution in [2.75, 3.05) is 50.2 Å². The first-order valence-electron chi connectivity index (χ1n) is 6.41. The van der Waals surface area contributed by atoms with Crippen molar-refractivity contribution in [2.24, 2.45) is 0 Å². The van der Waals surface area contributed by atoms with E-state index in [0.29, 0.717) is 12.4 Å². The molecule has 0 saturated carbocycles. The van der Waals surface area contributed by atoms with Crippen molar-refractivity contribution in [3.05, 3.63) is 6.07 Å². The average molecular weight is 266 g/mol. The Labute approximate surface area is 113 Å². The van der Waals surface area contributed by atoms with Crippen molar-refractivity contribution in [1.82, 2.24) is 14.9 Å². The van der Waals surface area contributed by atoms with Gasteiger partial charge in [0.1, 0.15) is 11.6 Å². The zero-order valence-electron chi connectivity index (χ0n) is 11.7. The fourth-order valence-electron chi connectivity index (χ4n) is 2.49. The van der Waals surface area contributed by atoms with E-state index in [0.717, 1.165) is 18.8 Å². The Morgan fingerprint density at radius 1 is 1.53 bits per heavy atom. The predicted molar refractivity (Wildman–Crippen MR) is 76.3 cm³/mol. The number of nitrogen functional groups attached to an aromatic ring is 1. The summed E-state index contributed by atoms with van der Waals surface area (Å²) in [5.74, 6) is 1.69. The van der Waals surface area contributed by atoms with E-state index >= 15 is 0 Å². The number of nitrogens with zero attached hydrogens (tertiary/aromatic N) is 4. The molecule has 2 atom stereocenters. The molecule has 1 saturated heterocycles. The van der Waals surface area contributed by atoms with Crippen molar-refractivity contribution in [1.29, 1.82) is 0 Å². The summed E-state index contributed by atoms with van der Waals surface area (Å²) < 4.78 is 0. The zero-order valence-corrected chi connectivity index (χ0v) is 11.7. The summed E-state index contributed by atoms with van der Waals surface area (Å²) in [6.07, 6.45) is 0.427. The molecule has 2 unspecified atom stereocenters. The molecular formula is C12H22N6O. The Morgan fingerprint density at radius 2 is 2.26 bits per heavy atom. The molecule has 1 aliphatic heterocycles. The zero-order chi connectivity index (χ0) is 14.0. The molecule has 2 heterocycles. The van der Waals surface area contributed by atoms with E-state index in [1.165, 1.54) is 0 Å². The van der Waals surface area contributed by atoms with Crippen LogP contribution in [0, 0.1) is 0 Å². The molecule has 0 spiro atoms. The van der Waals surface area contributed by atoms with Crippen molar-refractivity contribution >= 4 is 17.6 Å². The van der Waals surface area contributed by atoms with Gasteiger partial charge in [0.15, 0.2) is 0 Å². The molecule has 1 aromatic heterocycles. The van der Waals surface area contributed by atoms with Gasteiger partial charge in [0.25, 0.3) is 0 Å². The monoisotopic (exact) mass is 266 g/mol. The van der Waals surface area contributed by atoms with Gasteiger partial charge in [0, 0.05) is 32.2 Å². The van der Waals surface area contributed by atoms with E-state index in [1.54, 1.807) is 7.05 Å². The summed E-state index contributed by atoms with van der Waals surface area (Å²) in [5.41, 5.74) is 5.72. The highest BCUT2D eigenvalue weighted by Crippen LogP contribution is 2.26. The molecule has 7 nitrogen and oxygen atoms in total. The number of hydrogen-bond donors (Lipinski definition) is 3. The van der Waals surface area contributed by atoms with E-state index in [2.05, 4.69) is 25.1 Å². The first-order chi connectivity index (χ1) is 8.99. The number of nitrogens with two attached hydrogens (primary N) is 1. The third kappa shape index (κ3) is 3.24. The SMILES string of the molecule is CNc1cc(N2CC(O)CC2CN(C)C)nc(N)n1. The van der Waals surface area contributed by atoms with Crippen molar-refractivity contribution in [2.45, 2.75) is 18.6 Å². The lowest BCUT2D eigenvalue weighted by Gasteiger charge is -2.28. The van der Waals surface area contributed by atoms with Gasteiger partial charge in [0.2, 0.25) is 5.95 Å². The van der Waals surface area contributed by atoms with Crippen LogP contribution >= 0.6 is 0 Å². The topological polar surface area (TPSA) is 90.5 Å². The molecule has 4 N–H and O–H groups in total. The van der Waals surface area contributed by atoms with E-state index in [1.807, 2.05) is 20.2 Å². The molecule has 2 rings (SSSR count). The molecule has 0 aromatic carbocycles. The number of aliphatic hydroxyl groups is 1. The van der Waals surface area contributed by atoms with Crippen LogP contribution in [0.3, 0.4) is 0 Å². The van der Waals surface area contributed by atoms with Gasteiger partial charge in [-0.3, -0.25) is 0 Å². The van der Waals surface area contributed by atoms with Gasteiger partial charge in [0.05, 0.1) is 6.10 Å². The van der Waals surface area contributed by atoms with Crippen LogP contribution in [0.5, 0.6) is 0 Å². The maximum absolute atomic E-state index is 9.89. The Morgan fingerprint density at radius 3 is 2.89 bits per heavy atom. The number of rotatable bonds is 4. The Balaban J connectivity index is 2.25. The highest BCUT2D eigenvalue weighted by Gasteiger charge is 2.32. The van der Waals surface area contributed by atoms with Gasteiger partial charge < -0.3 is 26.0 Å². The number of anilines is 3. The standard InChI is InChI=1S/C12H22N6O/c1-14-10-5-11(16-12(13)15-10)18-7-9(19)4-8(18)6-17(2)3/h5,8-9,19H,4,6-7H2,1-3H3,(H3,13,14,15,16). The minimum atomic E-state index is -0.320. The number of aliphatic hydroxyl groups excluding tert-OH is 1. The molecule has 1 aliphatic rings. The first-order valence-corrected chi connectivity index (χ1v) is 6.41. The second kappa shape index (κ2) is 5.58. The highest BCUT2D eigenvalue weighted by atomic mass is 16.3. The number of hydrogen-bond acceptors (Lipinski definition) is 7. The van der Waals surface area contributed by atoms with Gasteiger partial charge in [-0.1, -0.05) is 0 Å². The minimum Gasteiger partial charge on any atom is -0.391 e.